The normalized spacial score (nSPS) is 13.5. The molecule has 0 aromatic heterocycles. The van der Waals surface area contributed by atoms with Gasteiger partial charge in [0.25, 0.3) is 0 Å². The number of nitrogens with one attached hydrogen (secondary N) is 2. The topological polar surface area (TPSA) is 56.7 Å². The first-order chi connectivity index (χ1) is 9.92. The Morgan fingerprint density at radius 3 is 2.32 bits per heavy atom. The van der Waals surface area contributed by atoms with Crippen LogP contribution in [-0.2, 0) is 0 Å². The van der Waals surface area contributed by atoms with Gasteiger partial charge in [-0.1, -0.05) is 34.1 Å². The molecule has 0 aromatic carbocycles. The van der Waals surface area contributed by atoms with Crippen molar-refractivity contribution < 1.29 is 5.11 Å². The molecule has 0 fully saturated rings. The summed E-state index contributed by atoms with van der Waals surface area (Å²) in [6.45, 7) is 14.0. The lowest BCUT2D eigenvalue weighted by atomic mass is 9.91. The Morgan fingerprint density at radius 1 is 1.14 bits per heavy atom. The monoisotopic (exact) mass is 427 g/mol. The van der Waals surface area contributed by atoms with Crippen LogP contribution in [0.25, 0.3) is 0 Å². The summed E-state index contributed by atoms with van der Waals surface area (Å²) in [7, 11) is 0. The van der Waals surface area contributed by atoms with Crippen LogP contribution in [0.1, 0.15) is 66.7 Å². The molecule has 0 aliphatic rings. The summed E-state index contributed by atoms with van der Waals surface area (Å²) in [5, 5.41) is 15.8. The molecule has 0 saturated carbocycles. The Labute approximate surface area is 155 Å². The van der Waals surface area contributed by atoms with E-state index in [0.29, 0.717) is 11.3 Å². The largest absolute Gasteiger partial charge is 0.396 e. The van der Waals surface area contributed by atoms with Crippen LogP contribution in [-0.4, -0.2) is 37.3 Å². The van der Waals surface area contributed by atoms with Crippen LogP contribution in [0.2, 0.25) is 0 Å². The first-order valence-corrected chi connectivity index (χ1v) is 8.56. The number of aliphatic hydroxyl groups is 1. The lowest BCUT2D eigenvalue weighted by Gasteiger charge is -2.19. The molecular weight excluding hydrogens is 389 g/mol. The highest BCUT2D eigenvalue weighted by atomic mass is 127. The lowest BCUT2D eigenvalue weighted by Crippen LogP contribution is -2.38. The van der Waals surface area contributed by atoms with Gasteiger partial charge in [-0.25, -0.2) is 0 Å². The van der Waals surface area contributed by atoms with E-state index < -0.39 is 0 Å². The molecule has 0 saturated heterocycles. The highest BCUT2D eigenvalue weighted by Gasteiger charge is 2.10. The molecule has 0 spiro atoms. The molecule has 134 valence electrons. The Balaban J connectivity index is 0. The third-order valence-electron chi connectivity index (χ3n) is 3.48. The molecule has 1 unspecified atom stereocenters. The number of aliphatic hydroxyl groups excluding tert-OH is 1. The molecule has 0 heterocycles. The molecule has 5 heteroatoms. The second-order valence-corrected chi connectivity index (χ2v) is 6.98. The maximum Gasteiger partial charge on any atom is 0.191 e. The second-order valence-electron chi connectivity index (χ2n) is 6.98. The molecule has 0 rings (SSSR count). The van der Waals surface area contributed by atoms with E-state index in [1.54, 1.807) is 0 Å². The zero-order chi connectivity index (χ0) is 16.1. The quantitative estimate of drug-likeness (QED) is 0.215. The predicted molar refractivity (Wildman–Crippen MR) is 108 cm³/mol. The van der Waals surface area contributed by atoms with E-state index in [0.717, 1.165) is 51.3 Å². The predicted octanol–water partition coefficient (Wildman–Crippen LogP) is 3.78. The van der Waals surface area contributed by atoms with Gasteiger partial charge in [0, 0.05) is 26.2 Å². The van der Waals surface area contributed by atoms with Gasteiger partial charge < -0.3 is 15.7 Å². The van der Waals surface area contributed by atoms with Gasteiger partial charge in [-0.3, -0.25) is 4.99 Å². The summed E-state index contributed by atoms with van der Waals surface area (Å²) in [6, 6.07) is 0. The third-order valence-corrected chi connectivity index (χ3v) is 3.48. The summed E-state index contributed by atoms with van der Waals surface area (Å²) in [6.07, 6.45) is 5.50. The number of hydrogen-bond acceptors (Lipinski definition) is 2. The summed E-state index contributed by atoms with van der Waals surface area (Å²) in [4.78, 5) is 4.67. The highest BCUT2D eigenvalue weighted by Crippen LogP contribution is 2.19. The average molecular weight is 427 g/mol. The summed E-state index contributed by atoms with van der Waals surface area (Å²) < 4.78 is 0. The van der Waals surface area contributed by atoms with Crippen molar-refractivity contribution in [2.24, 2.45) is 16.3 Å². The molecule has 4 nitrogen and oxygen atoms in total. The molecule has 0 aliphatic carbocycles. The minimum Gasteiger partial charge on any atom is -0.396 e. The number of guanidine groups is 1. The Hall–Kier alpha value is -0.0400. The van der Waals surface area contributed by atoms with Crippen molar-refractivity contribution in [3.8, 4) is 0 Å². The maximum absolute atomic E-state index is 9.10. The first-order valence-electron chi connectivity index (χ1n) is 8.56. The van der Waals surface area contributed by atoms with Crippen LogP contribution in [0.5, 0.6) is 0 Å². The van der Waals surface area contributed by atoms with E-state index in [1.807, 2.05) is 0 Å². The van der Waals surface area contributed by atoms with Crippen molar-refractivity contribution >= 4 is 29.9 Å². The van der Waals surface area contributed by atoms with E-state index in [1.165, 1.54) is 6.42 Å². The van der Waals surface area contributed by atoms with Gasteiger partial charge >= 0.3 is 0 Å². The van der Waals surface area contributed by atoms with Crippen LogP contribution in [0.15, 0.2) is 4.99 Å². The van der Waals surface area contributed by atoms with Crippen molar-refractivity contribution in [2.75, 3.05) is 26.2 Å². The van der Waals surface area contributed by atoms with Gasteiger partial charge in [-0.2, -0.15) is 0 Å². The van der Waals surface area contributed by atoms with Crippen molar-refractivity contribution in [1.82, 2.24) is 10.6 Å². The van der Waals surface area contributed by atoms with E-state index in [-0.39, 0.29) is 30.6 Å². The van der Waals surface area contributed by atoms with Crippen LogP contribution in [0, 0.1) is 11.3 Å². The summed E-state index contributed by atoms with van der Waals surface area (Å²) >= 11 is 0. The third kappa shape index (κ3) is 14.9. The smallest absolute Gasteiger partial charge is 0.191 e. The van der Waals surface area contributed by atoms with Gasteiger partial charge in [-0.05, 0) is 43.9 Å². The molecule has 22 heavy (non-hydrogen) atoms. The van der Waals surface area contributed by atoms with E-state index in [4.69, 9.17) is 5.11 Å². The molecule has 0 radical (unpaired) electrons. The van der Waals surface area contributed by atoms with Crippen molar-refractivity contribution in [2.45, 2.75) is 66.7 Å². The Kier molecular flexibility index (Phi) is 16.0. The van der Waals surface area contributed by atoms with E-state index >= 15 is 0 Å². The number of nitrogens with zero attached hydrogens (tertiary/aromatic N) is 1. The molecule has 3 N–H and O–H groups in total. The summed E-state index contributed by atoms with van der Waals surface area (Å²) in [5.41, 5.74) is 0.393. The highest BCUT2D eigenvalue weighted by molar-refractivity contribution is 14.0. The fourth-order valence-corrected chi connectivity index (χ4v) is 2.31. The van der Waals surface area contributed by atoms with E-state index in [2.05, 4.69) is 50.2 Å². The van der Waals surface area contributed by atoms with Crippen LogP contribution < -0.4 is 10.6 Å². The van der Waals surface area contributed by atoms with Gasteiger partial charge in [0.05, 0.1) is 0 Å². The average Bonchev–Trinajstić information content (AvgIpc) is 2.40. The van der Waals surface area contributed by atoms with Crippen LogP contribution >= 0.6 is 24.0 Å². The lowest BCUT2D eigenvalue weighted by molar-refractivity contribution is 0.253. The second kappa shape index (κ2) is 14.5. The Morgan fingerprint density at radius 2 is 1.82 bits per heavy atom. The maximum atomic E-state index is 9.10. The zero-order valence-corrected chi connectivity index (χ0v) is 17.6. The number of halogens is 1. The summed E-state index contributed by atoms with van der Waals surface area (Å²) in [5.74, 6) is 1.40. The molecule has 1 atom stereocenters. The molecule has 0 aliphatic heterocycles. The van der Waals surface area contributed by atoms with Crippen molar-refractivity contribution in [3.05, 3.63) is 0 Å². The van der Waals surface area contributed by atoms with Gasteiger partial charge in [0.1, 0.15) is 0 Å². The van der Waals surface area contributed by atoms with Crippen molar-refractivity contribution in [1.29, 1.82) is 0 Å². The fraction of sp³-hybridized carbons (Fsp3) is 0.941. The first kappa shape index (κ1) is 24.2. The van der Waals surface area contributed by atoms with Crippen LogP contribution in [0.3, 0.4) is 0 Å². The SMILES string of the molecule is CCCC(CCO)CN=C(NCC)NCCCC(C)(C)C.I. The van der Waals surface area contributed by atoms with Crippen molar-refractivity contribution in [3.63, 3.8) is 0 Å². The minimum atomic E-state index is 0. The number of aliphatic imine (C=N–C) groups is 1. The standard InChI is InChI=1S/C17H37N3O.HI/c1-6-9-15(10-13-21)14-20-16(18-7-2)19-12-8-11-17(3,4)5;/h15,21H,6-14H2,1-5H3,(H2,18,19,20);1H. The van der Waals surface area contributed by atoms with Crippen LogP contribution in [0.4, 0.5) is 0 Å². The molecule has 0 bridgehead atoms. The molecular formula is C17H38IN3O. The van der Waals surface area contributed by atoms with E-state index in [9.17, 15) is 0 Å². The molecule has 0 amide bonds. The van der Waals surface area contributed by atoms with Gasteiger partial charge in [0.15, 0.2) is 5.96 Å². The fourth-order valence-electron chi connectivity index (χ4n) is 2.31. The Bertz CT molecular complexity index is 272. The number of hydrogen-bond donors (Lipinski definition) is 3. The minimum absolute atomic E-state index is 0. The van der Waals surface area contributed by atoms with Gasteiger partial charge in [-0.15, -0.1) is 24.0 Å². The van der Waals surface area contributed by atoms with Gasteiger partial charge in [0.2, 0.25) is 0 Å². The zero-order valence-electron chi connectivity index (χ0n) is 15.2. The number of rotatable bonds is 10. The molecule has 0 aromatic rings.